The molecule has 1 saturated carbocycles. The summed E-state index contributed by atoms with van der Waals surface area (Å²) in [6.45, 7) is 3.59. The minimum atomic E-state index is -0.894. The zero-order valence-electron chi connectivity index (χ0n) is 10.6. The lowest BCUT2D eigenvalue weighted by molar-refractivity contribution is -0.137. The molecule has 1 rings (SSSR count). The Bertz CT molecular complexity index is 297. The van der Waals surface area contributed by atoms with Gasteiger partial charge in [-0.05, 0) is 18.8 Å². The summed E-state index contributed by atoms with van der Waals surface area (Å²) in [5, 5.41) is 11.6. The number of aliphatic carboxylic acids is 1. The molecule has 0 aromatic carbocycles. The Morgan fingerprint density at radius 2 is 2.06 bits per heavy atom. The first-order chi connectivity index (χ1) is 8.63. The maximum atomic E-state index is 11.5. The molecule has 0 aromatic rings. The minimum Gasteiger partial charge on any atom is -0.481 e. The number of alkyl carbamates (subject to hydrolysis) is 1. The number of carboxylic acid groups (broad SMARTS) is 1. The van der Waals surface area contributed by atoms with Crippen molar-refractivity contribution in [2.75, 3.05) is 6.61 Å². The van der Waals surface area contributed by atoms with Crippen molar-refractivity contribution in [2.45, 2.75) is 44.6 Å². The molecular formula is C13H21NO4. The Hall–Kier alpha value is -1.52. The Kier molecular flexibility index (Phi) is 6.25. The van der Waals surface area contributed by atoms with Crippen LogP contribution in [0.25, 0.3) is 0 Å². The van der Waals surface area contributed by atoms with Gasteiger partial charge in [0.05, 0.1) is 6.42 Å². The highest BCUT2D eigenvalue weighted by Gasteiger charge is 2.27. The van der Waals surface area contributed by atoms with Crippen molar-refractivity contribution < 1.29 is 19.4 Å². The van der Waals surface area contributed by atoms with Crippen LogP contribution in [0.4, 0.5) is 4.79 Å². The molecule has 0 unspecified atom stereocenters. The smallest absolute Gasteiger partial charge is 0.407 e. The summed E-state index contributed by atoms with van der Waals surface area (Å²) in [7, 11) is 0. The van der Waals surface area contributed by atoms with E-state index in [-0.39, 0.29) is 25.0 Å². The van der Waals surface area contributed by atoms with Gasteiger partial charge in [0.15, 0.2) is 0 Å². The zero-order chi connectivity index (χ0) is 13.4. The number of nitrogens with one attached hydrogen (secondary N) is 1. The fraction of sp³-hybridized carbons (Fsp3) is 0.692. The molecule has 1 aliphatic rings. The molecule has 0 aromatic heterocycles. The molecule has 5 nitrogen and oxygen atoms in total. The van der Waals surface area contributed by atoms with Gasteiger partial charge in [-0.2, -0.15) is 0 Å². The summed E-state index contributed by atoms with van der Waals surface area (Å²) in [4.78, 5) is 22.3. The van der Waals surface area contributed by atoms with Crippen LogP contribution in [-0.4, -0.2) is 29.8 Å². The van der Waals surface area contributed by atoms with Crippen molar-refractivity contribution in [1.29, 1.82) is 0 Å². The van der Waals surface area contributed by atoms with Gasteiger partial charge in [-0.15, -0.1) is 0 Å². The van der Waals surface area contributed by atoms with Crippen molar-refractivity contribution in [3.8, 4) is 0 Å². The van der Waals surface area contributed by atoms with Crippen LogP contribution in [0, 0.1) is 5.92 Å². The van der Waals surface area contributed by atoms with Crippen molar-refractivity contribution in [1.82, 2.24) is 5.32 Å². The first kappa shape index (κ1) is 14.5. The van der Waals surface area contributed by atoms with E-state index in [1.54, 1.807) is 0 Å². The summed E-state index contributed by atoms with van der Waals surface area (Å²) in [5.74, 6) is -0.652. The van der Waals surface area contributed by atoms with E-state index in [2.05, 4.69) is 11.9 Å². The first-order valence-corrected chi connectivity index (χ1v) is 6.39. The van der Waals surface area contributed by atoms with Crippen LogP contribution in [0.2, 0.25) is 0 Å². The van der Waals surface area contributed by atoms with Crippen LogP contribution < -0.4 is 5.32 Å². The number of carbonyl (C=O) groups excluding carboxylic acids is 1. The molecule has 1 fully saturated rings. The molecule has 0 saturated heterocycles. The molecule has 102 valence electrons. The largest absolute Gasteiger partial charge is 0.481 e. The number of carbonyl (C=O) groups is 2. The zero-order valence-corrected chi connectivity index (χ0v) is 10.6. The highest BCUT2D eigenvalue weighted by molar-refractivity contribution is 5.71. The highest BCUT2D eigenvalue weighted by atomic mass is 16.5. The fourth-order valence-electron chi connectivity index (χ4n) is 2.39. The predicted molar refractivity (Wildman–Crippen MR) is 67.3 cm³/mol. The topological polar surface area (TPSA) is 75.6 Å². The normalized spacial score (nSPS) is 17.8. The minimum absolute atomic E-state index is 0.0478. The van der Waals surface area contributed by atoms with Gasteiger partial charge in [0.1, 0.15) is 6.61 Å². The van der Waals surface area contributed by atoms with E-state index in [4.69, 9.17) is 9.84 Å². The molecule has 18 heavy (non-hydrogen) atoms. The number of ether oxygens (including phenoxy) is 1. The Morgan fingerprint density at radius 1 is 1.39 bits per heavy atom. The summed E-state index contributed by atoms with van der Waals surface area (Å²) >= 11 is 0. The second-order valence-corrected chi connectivity index (χ2v) is 4.63. The second kappa shape index (κ2) is 7.74. The number of carboxylic acids is 1. The van der Waals surface area contributed by atoms with E-state index < -0.39 is 12.1 Å². The molecular weight excluding hydrogens is 234 g/mol. The third kappa shape index (κ3) is 5.21. The SMILES string of the molecule is C=CCOC(=O)N[C@H](CC(=O)O)C1CCCCC1. The van der Waals surface area contributed by atoms with Crippen molar-refractivity contribution >= 4 is 12.1 Å². The number of hydrogen-bond acceptors (Lipinski definition) is 3. The van der Waals surface area contributed by atoms with Crippen LogP contribution in [0.15, 0.2) is 12.7 Å². The monoisotopic (exact) mass is 255 g/mol. The molecule has 0 heterocycles. The van der Waals surface area contributed by atoms with E-state index in [9.17, 15) is 9.59 Å². The van der Waals surface area contributed by atoms with Crippen molar-refractivity contribution in [2.24, 2.45) is 5.92 Å². The third-order valence-electron chi connectivity index (χ3n) is 3.25. The van der Waals surface area contributed by atoms with Gasteiger partial charge in [-0.1, -0.05) is 31.9 Å². The molecule has 1 atom stereocenters. The average molecular weight is 255 g/mol. The van der Waals surface area contributed by atoms with Crippen LogP contribution in [0.5, 0.6) is 0 Å². The Morgan fingerprint density at radius 3 is 2.61 bits per heavy atom. The molecule has 0 spiro atoms. The van der Waals surface area contributed by atoms with Crippen LogP contribution in [0.3, 0.4) is 0 Å². The van der Waals surface area contributed by atoms with Crippen molar-refractivity contribution in [3.63, 3.8) is 0 Å². The predicted octanol–water partition coefficient (Wildman–Crippen LogP) is 2.32. The highest BCUT2D eigenvalue weighted by Crippen LogP contribution is 2.27. The van der Waals surface area contributed by atoms with Gasteiger partial charge in [0, 0.05) is 6.04 Å². The van der Waals surface area contributed by atoms with Gasteiger partial charge < -0.3 is 15.2 Å². The lowest BCUT2D eigenvalue weighted by atomic mass is 9.83. The van der Waals surface area contributed by atoms with Crippen LogP contribution >= 0.6 is 0 Å². The second-order valence-electron chi connectivity index (χ2n) is 4.63. The maximum Gasteiger partial charge on any atom is 0.407 e. The lowest BCUT2D eigenvalue weighted by Crippen LogP contribution is -2.42. The van der Waals surface area contributed by atoms with Gasteiger partial charge in [0.25, 0.3) is 0 Å². The van der Waals surface area contributed by atoms with Crippen LogP contribution in [0.1, 0.15) is 38.5 Å². The fourth-order valence-corrected chi connectivity index (χ4v) is 2.39. The van der Waals surface area contributed by atoms with Crippen LogP contribution in [-0.2, 0) is 9.53 Å². The summed E-state index contributed by atoms with van der Waals surface area (Å²) in [6, 6.07) is -0.333. The average Bonchev–Trinajstić information content (AvgIpc) is 2.36. The quantitative estimate of drug-likeness (QED) is 0.714. The third-order valence-corrected chi connectivity index (χ3v) is 3.25. The van der Waals surface area contributed by atoms with Crippen molar-refractivity contribution in [3.05, 3.63) is 12.7 Å². The Balaban J connectivity index is 2.50. The molecule has 1 amide bonds. The lowest BCUT2D eigenvalue weighted by Gasteiger charge is -2.29. The molecule has 0 radical (unpaired) electrons. The van der Waals surface area contributed by atoms with E-state index in [1.165, 1.54) is 12.5 Å². The molecule has 2 N–H and O–H groups in total. The van der Waals surface area contributed by atoms with Gasteiger partial charge >= 0.3 is 12.1 Å². The molecule has 0 aliphatic heterocycles. The number of hydrogen-bond donors (Lipinski definition) is 2. The van der Waals surface area contributed by atoms with Gasteiger partial charge in [0.2, 0.25) is 0 Å². The van der Waals surface area contributed by atoms with Gasteiger partial charge in [-0.3, -0.25) is 4.79 Å². The molecule has 1 aliphatic carbocycles. The molecule has 5 heteroatoms. The van der Waals surface area contributed by atoms with E-state index in [1.807, 2.05) is 0 Å². The standard InChI is InChI=1S/C13H21NO4/c1-2-8-18-13(17)14-11(9-12(15)16)10-6-4-3-5-7-10/h2,10-11H,1,3-9H2,(H,14,17)(H,15,16)/t11-/m1/s1. The van der Waals surface area contributed by atoms with E-state index in [0.717, 1.165) is 25.7 Å². The number of rotatable bonds is 6. The summed E-state index contributed by atoms with van der Waals surface area (Å²) in [6.07, 6.45) is 6.21. The first-order valence-electron chi connectivity index (χ1n) is 6.39. The van der Waals surface area contributed by atoms with E-state index >= 15 is 0 Å². The van der Waals surface area contributed by atoms with Gasteiger partial charge in [-0.25, -0.2) is 4.79 Å². The summed E-state index contributed by atoms with van der Waals surface area (Å²) in [5.41, 5.74) is 0. The Labute approximate surface area is 107 Å². The maximum absolute atomic E-state index is 11.5. The summed E-state index contributed by atoms with van der Waals surface area (Å²) < 4.78 is 4.83. The van der Waals surface area contributed by atoms with E-state index in [0.29, 0.717) is 0 Å². The number of amides is 1. The molecule has 0 bridgehead atoms.